The van der Waals surface area contributed by atoms with Crippen LogP contribution in [0.3, 0.4) is 0 Å². The van der Waals surface area contributed by atoms with Gasteiger partial charge in [0, 0.05) is 23.3 Å². The van der Waals surface area contributed by atoms with E-state index >= 15 is 0 Å². The van der Waals surface area contributed by atoms with Crippen LogP contribution in [0.15, 0.2) is 72.8 Å². The Kier molecular flexibility index (Phi) is 9.19. The number of carbonyl (C=O) groups is 4. The molecular formula is C38H30Cl4N4O8. The monoisotopic (exact) mass is 810 g/mol. The zero-order valence-electron chi connectivity index (χ0n) is 29.0. The summed E-state index contributed by atoms with van der Waals surface area (Å²) in [5.74, 6) is -2.80. The Labute approximate surface area is 329 Å². The fraction of sp³-hybridized carbons (Fsp3) is 0.263. The standard InChI is InChI=1S/C38H30Cl4N4O8/c1-51-19-7-9-21(27(15-19)53-3)31-29-33(37(49)43(35(29)47)17-5-11-23(39)25(41)13-17)46-32(22-10-8-20(52-2)16-28(22)54-4)30-34(45(31)46)38(50)44(36(30)48)18-6-12-24(40)26(42)14-18/h5-16,29-34H,1-4H3/t29-,30+,31-,32-,33+,34-/m1/s1. The van der Waals surface area contributed by atoms with Crippen molar-refractivity contribution in [3.8, 4) is 23.0 Å². The number of rotatable bonds is 8. The van der Waals surface area contributed by atoms with E-state index in [2.05, 4.69) is 0 Å². The first-order valence-electron chi connectivity index (χ1n) is 16.6. The largest absolute Gasteiger partial charge is 0.497 e. The molecule has 4 aromatic rings. The molecule has 6 atom stereocenters. The fourth-order valence-electron chi connectivity index (χ4n) is 8.33. The summed E-state index contributed by atoms with van der Waals surface area (Å²) in [6.45, 7) is 0. The zero-order chi connectivity index (χ0) is 38.3. The number of fused-ring (bicyclic) bond motifs is 5. The second kappa shape index (κ2) is 13.6. The van der Waals surface area contributed by atoms with Crippen molar-refractivity contribution in [3.63, 3.8) is 0 Å². The number of hydrazine groups is 1. The lowest BCUT2D eigenvalue weighted by atomic mass is 9.83. The van der Waals surface area contributed by atoms with E-state index in [1.54, 1.807) is 46.4 Å². The average Bonchev–Trinajstić information content (AvgIpc) is 3.84. The van der Waals surface area contributed by atoms with Crippen LogP contribution >= 0.6 is 46.4 Å². The van der Waals surface area contributed by atoms with Gasteiger partial charge in [0.1, 0.15) is 35.1 Å². The second-order valence-electron chi connectivity index (χ2n) is 13.0. The van der Waals surface area contributed by atoms with Gasteiger partial charge in [0.25, 0.3) is 11.8 Å². The predicted molar refractivity (Wildman–Crippen MR) is 201 cm³/mol. The number of hydrogen-bond acceptors (Lipinski definition) is 10. The van der Waals surface area contributed by atoms with Crippen molar-refractivity contribution in [2.24, 2.45) is 11.8 Å². The van der Waals surface area contributed by atoms with E-state index in [1.807, 2.05) is 0 Å². The molecule has 0 radical (unpaired) electrons. The first kappa shape index (κ1) is 36.4. The molecule has 0 aromatic heterocycles. The molecule has 4 saturated heterocycles. The Morgan fingerprint density at radius 3 is 1.17 bits per heavy atom. The molecule has 0 N–H and O–H groups in total. The summed E-state index contributed by atoms with van der Waals surface area (Å²) >= 11 is 25.2. The van der Waals surface area contributed by atoms with Gasteiger partial charge in [0.15, 0.2) is 0 Å². The first-order chi connectivity index (χ1) is 25.9. The molecule has 0 aliphatic carbocycles. The molecule has 0 unspecified atom stereocenters. The fourth-order valence-corrected chi connectivity index (χ4v) is 8.92. The van der Waals surface area contributed by atoms with Gasteiger partial charge in [-0.15, -0.1) is 0 Å². The van der Waals surface area contributed by atoms with Crippen LogP contribution in [0.4, 0.5) is 11.4 Å². The van der Waals surface area contributed by atoms with Crippen LogP contribution in [0.25, 0.3) is 0 Å². The van der Waals surface area contributed by atoms with Gasteiger partial charge < -0.3 is 18.9 Å². The molecule has 8 rings (SSSR count). The number of carbonyl (C=O) groups excluding carboxylic acids is 4. The number of benzene rings is 4. The molecule has 0 bridgehead atoms. The Morgan fingerprint density at radius 2 is 0.833 bits per heavy atom. The van der Waals surface area contributed by atoms with E-state index in [1.165, 1.54) is 64.8 Å². The van der Waals surface area contributed by atoms with Crippen LogP contribution in [0, 0.1) is 11.8 Å². The highest BCUT2D eigenvalue weighted by molar-refractivity contribution is 6.43. The number of methoxy groups -OCH3 is 4. The van der Waals surface area contributed by atoms with E-state index in [-0.39, 0.29) is 31.5 Å². The lowest BCUT2D eigenvalue weighted by molar-refractivity contribution is -0.136. The van der Waals surface area contributed by atoms with Gasteiger partial charge in [-0.2, -0.15) is 0 Å². The first-order valence-corrected chi connectivity index (χ1v) is 18.1. The Balaban J connectivity index is 1.38. The Morgan fingerprint density at radius 1 is 0.444 bits per heavy atom. The van der Waals surface area contributed by atoms with Gasteiger partial charge in [-0.05, 0) is 60.7 Å². The number of amides is 4. The molecule has 4 heterocycles. The molecule has 278 valence electrons. The highest BCUT2D eigenvalue weighted by Crippen LogP contribution is 2.61. The number of anilines is 2. The molecule has 4 aliphatic rings. The summed E-state index contributed by atoms with van der Waals surface area (Å²) in [6.07, 6.45) is 0. The molecule has 0 saturated carbocycles. The predicted octanol–water partition coefficient (Wildman–Crippen LogP) is 6.78. The third-order valence-electron chi connectivity index (χ3n) is 10.6. The topological polar surface area (TPSA) is 118 Å². The van der Waals surface area contributed by atoms with Crippen LogP contribution in [-0.4, -0.2) is 74.2 Å². The Bertz CT molecular complexity index is 2120. The number of ether oxygens (including phenoxy) is 4. The Hall–Kier alpha value is -4.56. The minimum absolute atomic E-state index is 0.150. The molecule has 12 nitrogen and oxygen atoms in total. The van der Waals surface area contributed by atoms with Gasteiger partial charge in [-0.3, -0.25) is 19.2 Å². The molecule has 4 aromatic carbocycles. The lowest BCUT2D eigenvalue weighted by Gasteiger charge is -2.36. The van der Waals surface area contributed by atoms with Crippen molar-refractivity contribution >= 4 is 81.4 Å². The van der Waals surface area contributed by atoms with E-state index in [0.717, 1.165) is 9.80 Å². The van der Waals surface area contributed by atoms with Crippen molar-refractivity contribution in [2.75, 3.05) is 38.2 Å². The normalized spacial score (nSPS) is 25.0. The smallest absolute Gasteiger partial charge is 0.253 e. The number of hydrogen-bond donors (Lipinski definition) is 0. The van der Waals surface area contributed by atoms with Crippen molar-refractivity contribution in [2.45, 2.75) is 24.2 Å². The lowest BCUT2D eigenvalue weighted by Crippen LogP contribution is -2.50. The van der Waals surface area contributed by atoms with E-state index in [4.69, 9.17) is 65.4 Å². The molecule has 4 fully saturated rings. The maximum atomic E-state index is 14.9. The molecule has 16 heteroatoms. The average molecular weight is 812 g/mol. The van der Waals surface area contributed by atoms with Crippen molar-refractivity contribution in [1.29, 1.82) is 0 Å². The highest BCUT2D eigenvalue weighted by Gasteiger charge is 2.74. The maximum Gasteiger partial charge on any atom is 0.253 e. The molecule has 0 spiro atoms. The summed E-state index contributed by atoms with van der Waals surface area (Å²) in [7, 11) is 5.96. The molecular weight excluding hydrogens is 782 g/mol. The minimum Gasteiger partial charge on any atom is -0.497 e. The summed E-state index contributed by atoms with van der Waals surface area (Å²) in [6, 6.07) is 14.8. The van der Waals surface area contributed by atoms with Crippen molar-refractivity contribution < 1.29 is 38.1 Å². The molecule has 54 heavy (non-hydrogen) atoms. The van der Waals surface area contributed by atoms with Crippen molar-refractivity contribution in [1.82, 2.24) is 10.0 Å². The summed E-state index contributed by atoms with van der Waals surface area (Å²) in [5.41, 5.74) is 1.41. The van der Waals surface area contributed by atoms with E-state index in [9.17, 15) is 19.2 Å². The van der Waals surface area contributed by atoms with Gasteiger partial charge in [-0.1, -0.05) is 46.4 Å². The SMILES string of the molecule is COc1ccc([C@@H]2[C@@H]3C(=O)N(c4ccc(Cl)c(Cl)c4)C(=O)[C@@H]3N3[C@H](c4ccc(OC)cc4OC)[C@H]4C(=O)N(c5ccc(Cl)c(Cl)c5)C(=O)[C@H]4N23)c(OC)c1. The molecule has 4 aliphatic heterocycles. The quantitative estimate of drug-likeness (QED) is 0.176. The van der Waals surface area contributed by atoms with Gasteiger partial charge in [0.2, 0.25) is 11.8 Å². The zero-order valence-corrected chi connectivity index (χ0v) is 32.0. The summed E-state index contributed by atoms with van der Waals surface area (Å²) in [4.78, 5) is 61.7. The number of imide groups is 2. The van der Waals surface area contributed by atoms with Crippen LogP contribution in [0.1, 0.15) is 23.2 Å². The summed E-state index contributed by atoms with van der Waals surface area (Å²) in [5, 5.41) is 4.20. The minimum atomic E-state index is -1.19. The van der Waals surface area contributed by atoms with Gasteiger partial charge in [0.05, 0.1) is 83.8 Å². The molecule has 4 amide bonds. The maximum absolute atomic E-state index is 14.9. The second-order valence-corrected chi connectivity index (χ2v) is 14.7. The van der Waals surface area contributed by atoms with Crippen LogP contribution in [-0.2, 0) is 19.2 Å². The van der Waals surface area contributed by atoms with Gasteiger partial charge >= 0.3 is 0 Å². The highest BCUT2D eigenvalue weighted by atomic mass is 35.5. The number of nitrogens with zero attached hydrogens (tertiary/aromatic N) is 4. The summed E-state index contributed by atoms with van der Waals surface area (Å²) < 4.78 is 22.7. The number of halogens is 4. The van der Waals surface area contributed by atoms with Crippen LogP contribution < -0.4 is 28.7 Å². The van der Waals surface area contributed by atoms with Crippen LogP contribution in [0.2, 0.25) is 20.1 Å². The van der Waals surface area contributed by atoms with Crippen molar-refractivity contribution in [3.05, 3.63) is 104 Å². The third kappa shape index (κ3) is 5.26. The van der Waals surface area contributed by atoms with E-state index < -0.39 is 59.6 Å². The van der Waals surface area contributed by atoms with E-state index in [0.29, 0.717) is 34.1 Å². The van der Waals surface area contributed by atoms with Gasteiger partial charge in [-0.25, -0.2) is 19.8 Å². The third-order valence-corrected chi connectivity index (χ3v) is 12.0. The van der Waals surface area contributed by atoms with Crippen LogP contribution in [0.5, 0.6) is 23.0 Å².